The van der Waals surface area contributed by atoms with Crippen LogP contribution in [0.25, 0.3) is 0 Å². The Hall–Kier alpha value is -0.870. The highest BCUT2D eigenvalue weighted by Crippen LogP contribution is 2.33. The van der Waals surface area contributed by atoms with E-state index >= 15 is 0 Å². The van der Waals surface area contributed by atoms with Crippen molar-refractivity contribution in [1.82, 2.24) is 5.32 Å². The fourth-order valence-corrected chi connectivity index (χ4v) is 2.96. The molecule has 1 heterocycles. The van der Waals surface area contributed by atoms with Crippen molar-refractivity contribution in [3.8, 4) is 0 Å². The summed E-state index contributed by atoms with van der Waals surface area (Å²) in [5.74, 6) is -0.0909. The maximum atomic E-state index is 11.3. The van der Waals surface area contributed by atoms with Crippen LogP contribution in [0.15, 0.2) is 12.1 Å². The van der Waals surface area contributed by atoms with Crippen molar-refractivity contribution < 1.29 is 9.90 Å². The Labute approximate surface area is 112 Å². The molecule has 2 N–H and O–H groups in total. The van der Waals surface area contributed by atoms with Gasteiger partial charge in [-0.15, -0.1) is 11.3 Å². The molecule has 0 spiro atoms. The van der Waals surface area contributed by atoms with Gasteiger partial charge in [-0.2, -0.15) is 0 Å². The van der Waals surface area contributed by atoms with Gasteiger partial charge in [-0.05, 0) is 42.9 Å². The molecule has 0 bridgehead atoms. The van der Waals surface area contributed by atoms with E-state index in [-0.39, 0.29) is 5.41 Å². The SMILES string of the molecule is CC(C)(C)c1ccc(C(NCC2CC2)C(=O)O)s1. The first-order chi connectivity index (χ1) is 8.38. The van der Waals surface area contributed by atoms with Crippen LogP contribution in [0.2, 0.25) is 0 Å². The number of aliphatic carboxylic acids is 1. The molecule has 1 aromatic heterocycles. The molecule has 0 radical (unpaired) electrons. The topological polar surface area (TPSA) is 49.3 Å². The average molecular weight is 267 g/mol. The summed E-state index contributed by atoms with van der Waals surface area (Å²) in [7, 11) is 0. The van der Waals surface area contributed by atoms with E-state index in [1.165, 1.54) is 17.7 Å². The van der Waals surface area contributed by atoms with Crippen molar-refractivity contribution in [2.45, 2.75) is 45.1 Å². The van der Waals surface area contributed by atoms with Gasteiger partial charge in [0.25, 0.3) is 0 Å². The van der Waals surface area contributed by atoms with Crippen LogP contribution in [-0.4, -0.2) is 17.6 Å². The van der Waals surface area contributed by atoms with Gasteiger partial charge in [0, 0.05) is 9.75 Å². The van der Waals surface area contributed by atoms with Gasteiger partial charge < -0.3 is 5.11 Å². The molecule has 4 heteroatoms. The zero-order chi connectivity index (χ0) is 13.3. The van der Waals surface area contributed by atoms with E-state index in [4.69, 9.17) is 0 Å². The zero-order valence-corrected chi connectivity index (χ0v) is 12.0. The summed E-state index contributed by atoms with van der Waals surface area (Å²) in [6, 6.07) is 3.45. The number of carbonyl (C=O) groups is 1. The molecular weight excluding hydrogens is 246 g/mol. The highest BCUT2D eigenvalue weighted by molar-refractivity contribution is 7.12. The van der Waals surface area contributed by atoms with E-state index in [2.05, 4.69) is 32.2 Å². The minimum absolute atomic E-state index is 0.0858. The van der Waals surface area contributed by atoms with Crippen LogP contribution in [0.1, 0.15) is 49.4 Å². The largest absolute Gasteiger partial charge is 0.480 e. The van der Waals surface area contributed by atoms with Crippen molar-refractivity contribution in [2.24, 2.45) is 5.92 Å². The standard InChI is InChI=1S/C14H21NO2S/c1-14(2,3)11-7-6-10(18-11)12(13(16)17)15-8-9-4-5-9/h6-7,9,12,15H,4-5,8H2,1-3H3,(H,16,17). The van der Waals surface area contributed by atoms with Crippen molar-refractivity contribution in [3.05, 3.63) is 21.9 Å². The van der Waals surface area contributed by atoms with Gasteiger partial charge >= 0.3 is 5.97 Å². The summed E-state index contributed by atoms with van der Waals surface area (Å²) in [5.41, 5.74) is 0.0858. The first-order valence-electron chi connectivity index (χ1n) is 6.44. The van der Waals surface area contributed by atoms with E-state index in [1.54, 1.807) is 11.3 Å². The molecule has 2 rings (SSSR count). The first kappa shape index (κ1) is 13.6. The zero-order valence-electron chi connectivity index (χ0n) is 11.2. The van der Waals surface area contributed by atoms with Gasteiger partial charge in [0.05, 0.1) is 0 Å². The Bertz CT molecular complexity index is 429. The Morgan fingerprint density at radius 1 is 1.50 bits per heavy atom. The van der Waals surface area contributed by atoms with E-state index in [1.807, 2.05) is 6.07 Å². The highest BCUT2D eigenvalue weighted by Gasteiger charge is 2.27. The Kier molecular flexibility index (Phi) is 3.78. The maximum Gasteiger partial charge on any atom is 0.326 e. The normalized spacial score (nSPS) is 17.7. The number of nitrogens with one attached hydrogen (secondary N) is 1. The molecular formula is C14H21NO2S. The molecule has 1 atom stereocenters. The molecule has 3 nitrogen and oxygen atoms in total. The van der Waals surface area contributed by atoms with Crippen molar-refractivity contribution in [3.63, 3.8) is 0 Å². The molecule has 1 saturated carbocycles. The molecule has 0 saturated heterocycles. The number of carboxylic acids is 1. The monoisotopic (exact) mass is 267 g/mol. The van der Waals surface area contributed by atoms with E-state index in [0.717, 1.165) is 11.4 Å². The smallest absolute Gasteiger partial charge is 0.326 e. The summed E-state index contributed by atoms with van der Waals surface area (Å²) in [5, 5.41) is 12.5. The van der Waals surface area contributed by atoms with Crippen LogP contribution in [0, 0.1) is 5.92 Å². The quantitative estimate of drug-likeness (QED) is 0.861. The van der Waals surface area contributed by atoms with Gasteiger partial charge in [-0.3, -0.25) is 10.1 Å². The Morgan fingerprint density at radius 2 is 2.17 bits per heavy atom. The maximum absolute atomic E-state index is 11.3. The highest BCUT2D eigenvalue weighted by atomic mass is 32.1. The fourth-order valence-electron chi connectivity index (χ4n) is 1.83. The molecule has 1 unspecified atom stereocenters. The number of rotatable bonds is 5. The lowest BCUT2D eigenvalue weighted by atomic mass is 9.95. The number of hydrogen-bond acceptors (Lipinski definition) is 3. The van der Waals surface area contributed by atoms with Gasteiger partial charge in [0.1, 0.15) is 6.04 Å². The van der Waals surface area contributed by atoms with Gasteiger partial charge in [0.15, 0.2) is 0 Å². The third-order valence-electron chi connectivity index (χ3n) is 3.21. The molecule has 1 aliphatic rings. The molecule has 0 aromatic carbocycles. The summed E-state index contributed by atoms with van der Waals surface area (Å²) in [6.45, 7) is 7.27. The van der Waals surface area contributed by atoms with Crippen molar-refractivity contribution in [2.75, 3.05) is 6.54 Å². The van der Waals surface area contributed by atoms with Crippen molar-refractivity contribution in [1.29, 1.82) is 0 Å². The van der Waals surface area contributed by atoms with Gasteiger partial charge in [-0.25, -0.2) is 0 Å². The molecule has 100 valence electrons. The van der Waals surface area contributed by atoms with E-state index in [9.17, 15) is 9.90 Å². The predicted octanol–water partition coefficient (Wildman–Crippen LogP) is 3.17. The lowest BCUT2D eigenvalue weighted by molar-refractivity contribution is -0.139. The van der Waals surface area contributed by atoms with Crippen LogP contribution in [-0.2, 0) is 10.2 Å². The molecule has 18 heavy (non-hydrogen) atoms. The third-order valence-corrected chi connectivity index (χ3v) is 4.78. The number of carboxylic acid groups (broad SMARTS) is 1. The molecule has 0 aliphatic heterocycles. The Morgan fingerprint density at radius 3 is 2.61 bits per heavy atom. The minimum atomic E-state index is -0.780. The predicted molar refractivity (Wildman–Crippen MR) is 74.1 cm³/mol. The van der Waals surface area contributed by atoms with Crippen molar-refractivity contribution >= 4 is 17.3 Å². The summed E-state index contributed by atoms with van der Waals surface area (Å²) < 4.78 is 0. The van der Waals surface area contributed by atoms with Crippen LogP contribution < -0.4 is 5.32 Å². The van der Waals surface area contributed by atoms with E-state index in [0.29, 0.717) is 5.92 Å². The first-order valence-corrected chi connectivity index (χ1v) is 7.26. The number of hydrogen-bond donors (Lipinski definition) is 2. The lowest BCUT2D eigenvalue weighted by Gasteiger charge is -2.16. The average Bonchev–Trinajstić information content (AvgIpc) is 2.92. The minimum Gasteiger partial charge on any atom is -0.480 e. The second-order valence-electron chi connectivity index (χ2n) is 6.07. The number of thiophene rings is 1. The summed E-state index contributed by atoms with van der Waals surface area (Å²) in [4.78, 5) is 13.5. The molecule has 1 aromatic rings. The molecule has 1 fully saturated rings. The summed E-state index contributed by atoms with van der Waals surface area (Å²) >= 11 is 1.60. The van der Waals surface area contributed by atoms with E-state index < -0.39 is 12.0 Å². The molecule has 1 aliphatic carbocycles. The second kappa shape index (κ2) is 5.02. The van der Waals surface area contributed by atoms with Crippen LogP contribution >= 0.6 is 11.3 Å². The Balaban J connectivity index is 2.09. The van der Waals surface area contributed by atoms with Crippen LogP contribution in [0.4, 0.5) is 0 Å². The third kappa shape index (κ3) is 3.33. The van der Waals surface area contributed by atoms with Crippen LogP contribution in [0.3, 0.4) is 0 Å². The lowest BCUT2D eigenvalue weighted by Crippen LogP contribution is -2.29. The summed E-state index contributed by atoms with van der Waals surface area (Å²) in [6.07, 6.45) is 2.47. The van der Waals surface area contributed by atoms with Gasteiger partial charge in [0.2, 0.25) is 0 Å². The molecule has 0 amide bonds. The fraction of sp³-hybridized carbons (Fsp3) is 0.643. The van der Waals surface area contributed by atoms with Gasteiger partial charge in [-0.1, -0.05) is 20.8 Å². The second-order valence-corrected chi connectivity index (χ2v) is 7.19. The van der Waals surface area contributed by atoms with Crippen LogP contribution in [0.5, 0.6) is 0 Å².